The topological polar surface area (TPSA) is 26.3 Å². The SMILES string of the molecule is CC(=O)O[C@H]1C(C)(C)[C@H]2CC[C@]1(C)C2. The summed E-state index contributed by atoms with van der Waals surface area (Å²) < 4.78 is 5.52. The third-order valence-electron chi connectivity index (χ3n) is 4.42. The molecule has 0 aromatic carbocycles. The van der Waals surface area contributed by atoms with Crippen LogP contribution in [0.1, 0.15) is 47.0 Å². The van der Waals surface area contributed by atoms with Crippen LogP contribution >= 0.6 is 0 Å². The van der Waals surface area contributed by atoms with Gasteiger partial charge in [-0.25, -0.2) is 0 Å². The summed E-state index contributed by atoms with van der Waals surface area (Å²) in [5, 5.41) is 0. The predicted octanol–water partition coefficient (Wildman–Crippen LogP) is 2.76. The molecule has 2 fully saturated rings. The van der Waals surface area contributed by atoms with Gasteiger partial charge in [0.05, 0.1) is 0 Å². The van der Waals surface area contributed by atoms with Crippen molar-refractivity contribution in [1.82, 2.24) is 0 Å². The lowest BCUT2D eigenvalue weighted by Gasteiger charge is -2.41. The van der Waals surface area contributed by atoms with Gasteiger partial charge in [-0.05, 0) is 25.2 Å². The Labute approximate surface area is 86.0 Å². The van der Waals surface area contributed by atoms with Crippen molar-refractivity contribution < 1.29 is 9.53 Å². The fourth-order valence-electron chi connectivity index (χ4n) is 3.72. The van der Waals surface area contributed by atoms with Gasteiger partial charge < -0.3 is 4.74 Å². The molecule has 3 atom stereocenters. The zero-order chi connectivity index (χ0) is 10.6. The number of fused-ring (bicyclic) bond motifs is 2. The summed E-state index contributed by atoms with van der Waals surface area (Å²) in [7, 11) is 0. The molecule has 2 rings (SSSR count). The van der Waals surface area contributed by atoms with Gasteiger partial charge >= 0.3 is 5.97 Å². The molecule has 0 spiro atoms. The van der Waals surface area contributed by atoms with Crippen LogP contribution in [0, 0.1) is 16.7 Å². The van der Waals surface area contributed by atoms with Crippen LogP contribution in [0.3, 0.4) is 0 Å². The molecule has 0 saturated heterocycles. The summed E-state index contributed by atoms with van der Waals surface area (Å²) in [6.45, 7) is 8.28. The molecule has 2 nitrogen and oxygen atoms in total. The summed E-state index contributed by atoms with van der Waals surface area (Å²) in [6.07, 6.45) is 3.89. The van der Waals surface area contributed by atoms with Crippen LogP contribution in [-0.2, 0) is 9.53 Å². The molecule has 2 aliphatic carbocycles. The highest BCUT2D eigenvalue weighted by Gasteiger charge is 2.61. The highest BCUT2D eigenvalue weighted by Crippen LogP contribution is 2.63. The van der Waals surface area contributed by atoms with Crippen molar-refractivity contribution in [2.75, 3.05) is 0 Å². The van der Waals surface area contributed by atoms with Gasteiger partial charge in [0.15, 0.2) is 0 Å². The molecule has 2 saturated carbocycles. The minimum atomic E-state index is -0.128. The van der Waals surface area contributed by atoms with Crippen molar-refractivity contribution in [3.63, 3.8) is 0 Å². The van der Waals surface area contributed by atoms with Gasteiger partial charge in [-0.15, -0.1) is 0 Å². The monoisotopic (exact) mass is 196 g/mol. The summed E-state index contributed by atoms with van der Waals surface area (Å²) in [5.74, 6) is 0.619. The zero-order valence-electron chi connectivity index (χ0n) is 9.59. The zero-order valence-corrected chi connectivity index (χ0v) is 9.59. The molecule has 2 heteroatoms. The molecule has 0 aliphatic heterocycles. The first kappa shape index (κ1) is 10.0. The molecule has 0 amide bonds. The van der Waals surface area contributed by atoms with E-state index in [2.05, 4.69) is 20.8 Å². The van der Waals surface area contributed by atoms with Gasteiger partial charge in [-0.1, -0.05) is 20.8 Å². The highest BCUT2D eigenvalue weighted by atomic mass is 16.5. The first-order valence-corrected chi connectivity index (χ1v) is 5.53. The molecule has 14 heavy (non-hydrogen) atoms. The molecule has 0 radical (unpaired) electrons. The van der Waals surface area contributed by atoms with E-state index in [1.165, 1.54) is 26.2 Å². The van der Waals surface area contributed by atoms with Gasteiger partial charge in [0.25, 0.3) is 0 Å². The Morgan fingerprint density at radius 3 is 2.43 bits per heavy atom. The molecule has 80 valence electrons. The van der Waals surface area contributed by atoms with E-state index in [0.29, 0.717) is 0 Å². The molecule has 0 unspecified atom stereocenters. The molecule has 2 aliphatic rings. The second kappa shape index (κ2) is 2.74. The number of hydrogen-bond acceptors (Lipinski definition) is 2. The van der Waals surface area contributed by atoms with Gasteiger partial charge in [0.1, 0.15) is 6.10 Å². The number of esters is 1. The first-order chi connectivity index (χ1) is 6.36. The van der Waals surface area contributed by atoms with Crippen molar-refractivity contribution in [1.29, 1.82) is 0 Å². The Bertz CT molecular complexity index is 265. The molecule has 0 aromatic rings. The maximum atomic E-state index is 11.1. The van der Waals surface area contributed by atoms with E-state index in [-0.39, 0.29) is 22.9 Å². The van der Waals surface area contributed by atoms with Crippen LogP contribution in [0.4, 0.5) is 0 Å². The lowest BCUT2D eigenvalue weighted by atomic mass is 9.70. The van der Waals surface area contributed by atoms with Gasteiger partial charge in [-0.2, -0.15) is 0 Å². The smallest absolute Gasteiger partial charge is 0.302 e. The van der Waals surface area contributed by atoms with Crippen molar-refractivity contribution >= 4 is 5.97 Å². The molecule has 0 heterocycles. The number of hydrogen-bond donors (Lipinski definition) is 0. The molecular weight excluding hydrogens is 176 g/mol. The van der Waals surface area contributed by atoms with E-state index in [4.69, 9.17) is 4.74 Å². The Morgan fingerprint density at radius 2 is 2.00 bits per heavy atom. The number of ether oxygens (including phenoxy) is 1. The van der Waals surface area contributed by atoms with Gasteiger partial charge in [0.2, 0.25) is 0 Å². The Hall–Kier alpha value is -0.530. The minimum absolute atomic E-state index is 0.128. The van der Waals surface area contributed by atoms with Crippen LogP contribution in [0.2, 0.25) is 0 Å². The van der Waals surface area contributed by atoms with Crippen molar-refractivity contribution in [3.05, 3.63) is 0 Å². The molecule has 0 aromatic heterocycles. The molecule has 2 bridgehead atoms. The van der Waals surface area contributed by atoms with Crippen LogP contribution in [0.25, 0.3) is 0 Å². The van der Waals surface area contributed by atoms with E-state index in [1.54, 1.807) is 0 Å². The maximum Gasteiger partial charge on any atom is 0.302 e. The van der Waals surface area contributed by atoms with Crippen molar-refractivity contribution in [2.24, 2.45) is 16.7 Å². The first-order valence-electron chi connectivity index (χ1n) is 5.53. The summed E-state index contributed by atoms with van der Waals surface area (Å²) in [4.78, 5) is 11.1. The van der Waals surface area contributed by atoms with E-state index < -0.39 is 0 Å². The average Bonchev–Trinajstić information content (AvgIpc) is 2.49. The summed E-state index contributed by atoms with van der Waals surface area (Å²) in [6, 6.07) is 0. The van der Waals surface area contributed by atoms with E-state index in [9.17, 15) is 4.79 Å². The number of rotatable bonds is 1. The second-order valence-electron chi connectivity index (χ2n) is 5.90. The third-order valence-corrected chi connectivity index (χ3v) is 4.42. The lowest BCUT2D eigenvalue weighted by Crippen LogP contribution is -2.43. The van der Waals surface area contributed by atoms with Crippen molar-refractivity contribution in [3.8, 4) is 0 Å². The van der Waals surface area contributed by atoms with E-state index in [1.807, 2.05) is 0 Å². The fraction of sp³-hybridized carbons (Fsp3) is 0.917. The average molecular weight is 196 g/mol. The third kappa shape index (κ3) is 1.19. The Balaban J connectivity index is 2.25. The maximum absolute atomic E-state index is 11.1. The largest absolute Gasteiger partial charge is 0.461 e. The molecule has 0 N–H and O–H groups in total. The Kier molecular flexibility index (Phi) is 1.96. The van der Waals surface area contributed by atoms with Gasteiger partial charge in [-0.3, -0.25) is 4.79 Å². The quantitative estimate of drug-likeness (QED) is 0.603. The summed E-state index contributed by atoms with van der Waals surface area (Å²) >= 11 is 0. The summed E-state index contributed by atoms with van der Waals surface area (Å²) in [5.41, 5.74) is 0.429. The molecular formula is C12H20O2. The van der Waals surface area contributed by atoms with Gasteiger partial charge in [0, 0.05) is 17.8 Å². The van der Waals surface area contributed by atoms with Crippen LogP contribution in [0.15, 0.2) is 0 Å². The highest BCUT2D eigenvalue weighted by molar-refractivity contribution is 5.66. The predicted molar refractivity (Wildman–Crippen MR) is 54.8 cm³/mol. The fourth-order valence-corrected chi connectivity index (χ4v) is 3.72. The van der Waals surface area contributed by atoms with E-state index >= 15 is 0 Å². The van der Waals surface area contributed by atoms with Crippen LogP contribution in [0.5, 0.6) is 0 Å². The number of carbonyl (C=O) groups is 1. The minimum Gasteiger partial charge on any atom is -0.461 e. The lowest BCUT2D eigenvalue weighted by molar-refractivity contribution is -0.161. The van der Waals surface area contributed by atoms with Crippen molar-refractivity contribution in [2.45, 2.75) is 53.1 Å². The normalized spacial score (nSPS) is 44.0. The Morgan fingerprint density at radius 1 is 1.36 bits per heavy atom. The second-order valence-corrected chi connectivity index (χ2v) is 5.90. The standard InChI is InChI=1S/C12H20O2/c1-8(13)14-10-11(2,3)9-5-6-12(10,4)7-9/h9-10H,5-7H2,1-4H3/t9-,10-,12+/m0/s1. The number of carbonyl (C=O) groups excluding carboxylic acids is 1. The van der Waals surface area contributed by atoms with Crippen LogP contribution in [-0.4, -0.2) is 12.1 Å². The van der Waals surface area contributed by atoms with E-state index in [0.717, 1.165) is 5.92 Å². The van der Waals surface area contributed by atoms with Crippen LogP contribution < -0.4 is 0 Å².